The van der Waals surface area contributed by atoms with Gasteiger partial charge in [0.2, 0.25) is 0 Å². The number of hydrogen-bond donors (Lipinski definition) is 2. The van der Waals surface area contributed by atoms with Gasteiger partial charge in [0.05, 0.1) is 5.02 Å². The molecule has 1 heterocycles. The normalized spacial score (nSPS) is 14.2. The zero-order valence-corrected chi connectivity index (χ0v) is 17.1. The maximum Gasteiger partial charge on any atom is 0.171 e. The number of piperidine rings is 1. The quantitative estimate of drug-likeness (QED) is 0.609. The lowest BCUT2D eigenvalue weighted by Crippen LogP contribution is -2.29. The summed E-state index contributed by atoms with van der Waals surface area (Å²) in [4.78, 5) is 2.46. The first-order chi connectivity index (χ1) is 12.1. The van der Waals surface area contributed by atoms with Gasteiger partial charge in [0.15, 0.2) is 5.11 Å². The molecule has 0 bridgehead atoms. The zero-order valence-electron chi connectivity index (χ0n) is 13.9. The summed E-state index contributed by atoms with van der Waals surface area (Å²) in [6, 6.07) is 14.4. The minimum absolute atomic E-state index is 0.582. The van der Waals surface area contributed by atoms with E-state index in [1.165, 1.54) is 43.6 Å². The highest BCUT2D eigenvalue weighted by Gasteiger charge is 2.10. The van der Waals surface area contributed by atoms with Gasteiger partial charge in [-0.3, -0.25) is 0 Å². The van der Waals surface area contributed by atoms with E-state index in [0.29, 0.717) is 16.7 Å². The van der Waals surface area contributed by atoms with Gasteiger partial charge in [0.25, 0.3) is 0 Å². The van der Waals surface area contributed by atoms with Crippen LogP contribution >= 0.6 is 39.7 Å². The number of anilines is 2. The van der Waals surface area contributed by atoms with Crippen molar-refractivity contribution in [3.05, 3.63) is 57.5 Å². The molecular formula is C19H21BrClN3S. The number of hydrogen-bond acceptors (Lipinski definition) is 2. The molecule has 0 atom stereocenters. The van der Waals surface area contributed by atoms with Crippen molar-refractivity contribution in [1.29, 1.82) is 0 Å². The molecule has 1 aliphatic rings. The summed E-state index contributed by atoms with van der Waals surface area (Å²) in [7, 11) is 0. The second kappa shape index (κ2) is 8.88. The van der Waals surface area contributed by atoms with Crippen LogP contribution in [-0.2, 0) is 6.54 Å². The van der Waals surface area contributed by atoms with Crippen LogP contribution in [0.1, 0.15) is 24.8 Å². The van der Waals surface area contributed by atoms with Crippen LogP contribution < -0.4 is 15.5 Å². The molecule has 2 N–H and O–H groups in total. The summed E-state index contributed by atoms with van der Waals surface area (Å²) in [6.45, 7) is 3.03. The lowest BCUT2D eigenvalue weighted by atomic mass is 10.1. The van der Waals surface area contributed by atoms with Crippen LogP contribution in [0.5, 0.6) is 0 Å². The molecular weight excluding hydrogens is 418 g/mol. The third-order valence-electron chi connectivity index (χ3n) is 4.29. The Labute approximate surface area is 167 Å². The number of benzene rings is 2. The molecule has 1 saturated heterocycles. The Morgan fingerprint density at radius 1 is 1.08 bits per heavy atom. The molecule has 0 aromatic heterocycles. The van der Waals surface area contributed by atoms with Crippen molar-refractivity contribution in [2.24, 2.45) is 0 Å². The molecule has 0 spiro atoms. The van der Waals surface area contributed by atoms with Gasteiger partial charge in [-0.15, -0.1) is 0 Å². The number of rotatable bonds is 4. The maximum absolute atomic E-state index is 6.09. The highest BCUT2D eigenvalue weighted by molar-refractivity contribution is 9.10. The highest BCUT2D eigenvalue weighted by atomic mass is 79.9. The molecule has 1 aliphatic heterocycles. The topological polar surface area (TPSA) is 27.3 Å². The van der Waals surface area contributed by atoms with Gasteiger partial charge < -0.3 is 15.5 Å². The molecule has 132 valence electrons. The van der Waals surface area contributed by atoms with Crippen LogP contribution in [0.4, 0.5) is 11.4 Å². The van der Waals surface area contributed by atoms with E-state index < -0.39 is 0 Å². The predicted molar refractivity (Wildman–Crippen MR) is 115 cm³/mol. The second-order valence-corrected chi connectivity index (χ2v) is 7.82. The Hall–Kier alpha value is -1.30. The van der Waals surface area contributed by atoms with Crippen molar-refractivity contribution in [2.75, 3.05) is 23.3 Å². The van der Waals surface area contributed by atoms with Gasteiger partial charge in [0, 0.05) is 35.5 Å². The summed E-state index contributed by atoms with van der Waals surface area (Å²) in [6.07, 6.45) is 3.94. The first-order valence-corrected chi connectivity index (χ1v) is 10.0. The Balaban J connectivity index is 1.50. The fourth-order valence-electron chi connectivity index (χ4n) is 2.91. The Morgan fingerprint density at radius 3 is 2.48 bits per heavy atom. The van der Waals surface area contributed by atoms with Crippen molar-refractivity contribution in [3.63, 3.8) is 0 Å². The van der Waals surface area contributed by atoms with E-state index in [9.17, 15) is 0 Å². The van der Waals surface area contributed by atoms with Crippen molar-refractivity contribution in [1.82, 2.24) is 5.32 Å². The van der Waals surface area contributed by atoms with Crippen LogP contribution in [0.2, 0.25) is 5.02 Å². The minimum atomic E-state index is 0.582. The zero-order chi connectivity index (χ0) is 17.6. The highest BCUT2D eigenvalue weighted by Crippen LogP contribution is 2.25. The summed E-state index contributed by atoms with van der Waals surface area (Å²) in [5.74, 6) is 0. The van der Waals surface area contributed by atoms with E-state index in [1.807, 2.05) is 18.2 Å². The van der Waals surface area contributed by atoms with E-state index in [2.05, 4.69) is 55.7 Å². The van der Waals surface area contributed by atoms with E-state index in [-0.39, 0.29) is 0 Å². The van der Waals surface area contributed by atoms with Gasteiger partial charge in [-0.1, -0.05) is 23.7 Å². The fourth-order valence-corrected chi connectivity index (χ4v) is 3.53. The molecule has 2 aromatic carbocycles. The first kappa shape index (κ1) is 18.5. The Kier molecular flexibility index (Phi) is 6.57. The Bertz CT molecular complexity index is 730. The van der Waals surface area contributed by atoms with Gasteiger partial charge in [-0.25, -0.2) is 0 Å². The first-order valence-electron chi connectivity index (χ1n) is 8.45. The molecule has 0 unspecified atom stereocenters. The van der Waals surface area contributed by atoms with Crippen LogP contribution in [0.15, 0.2) is 46.9 Å². The van der Waals surface area contributed by atoms with Gasteiger partial charge in [0.1, 0.15) is 0 Å². The standard InChI is InChI=1S/C19H21BrClN3S/c20-17-9-6-15(12-18(17)21)23-19(25)22-13-14-4-7-16(8-5-14)24-10-2-1-3-11-24/h4-9,12H,1-3,10-11,13H2,(H2,22,23,25). The van der Waals surface area contributed by atoms with Crippen LogP contribution in [-0.4, -0.2) is 18.2 Å². The molecule has 0 amide bonds. The predicted octanol–water partition coefficient (Wildman–Crippen LogP) is 5.58. The van der Waals surface area contributed by atoms with E-state index >= 15 is 0 Å². The molecule has 0 radical (unpaired) electrons. The van der Waals surface area contributed by atoms with Crippen molar-refractivity contribution < 1.29 is 0 Å². The lowest BCUT2D eigenvalue weighted by Gasteiger charge is -2.28. The minimum Gasteiger partial charge on any atom is -0.372 e. The third kappa shape index (κ3) is 5.33. The Morgan fingerprint density at radius 2 is 1.80 bits per heavy atom. The molecule has 0 aliphatic carbocycles. The third-order valence-corrected chi connectivity index (χ3v) is 5.77. The second-order valence-electron chi connectivity index (χ2n) is 6.15. The lowest BCUT2D eigenvalue weighted by molar-refractivity contribution is 0.578. The SMILES string of the molecule is S=C(NCc1ccc(N2CCCCC2)cc1)Nc1ccc(Br)c(Cl)c1. The van der Waals surface area contributed by atoms with E-state index in [0.717, 1.165) is 10.2 Å². The largest absolute Gasteiger partial charge is 0.372 e. The van der Waals surface area contributed by atoms with Crippen molar-refractivity contribution >= 4 is 56.2 Å². The number of halogens is 2. The number of nitrogens with one attached hydrogen (secondary N) is 2. The molecule has 1 fully saturated rings. The summed E-state index contributed by atoms with van der Waals surface area (Å²) < 4.78 is 0.868. The number of thiocarbonyl (C=S) groups is 1. The fraction of sp³-hybridized carbons (Fsp3) is 0.316. The van der Waals surface area contributed by atoms with Gasteiger partial charge >= 0.3 is 0 Å². The van der Waals surface area contributed by atoms with Crippen LogP contribution in [0.3, 0.4) is 0 Å². The molecule has 0 saturated carbocycles. The smallest absolute Gasteiger partial charge is 0.171 e. The van der Waals surface area contributed by atoms with E-state index in [4.69, 9.17) is 23.8 Å². The molecule has 6 heteroatoms. The molecule has 3 nitrogen and oxygen atoms in total. The average molecular weight is 439 g/mol. The van der Waals surface area contributed by atoms with Crippen LogP contribution in [0, 0.1) is 0 Å². The number of nitrogens with zero attached hydrogens (tertiary/aromatic N) is 1. The monoisotopic (exact) mass is 437 g/mol. The molecule has 3 rings (SSSR count). The molecule has 25 heavy (non-hydrogen) atoms. The van der Waals surface area contributed by atoms with Gasteiger partial charge in [-0.05, 0) is 83.3 Å². The summed E-state index contributed by atoms with van der Waals surface area (Å²) in [5.41, 5.74) is 3.39. The van der Waals surface area contributed by atoms with Crippen LogP contribution in [0.25, 0.3) is 0 Å². The van der Waals surface area contributed by atoms with Crippen molar-refractivity contribution in [2.45, 2.75) is 25.8 Å². The molecule has 2 aromatic rings. The average Bonchev–Trinajstić information content (AvgIpc) is 2.64. The van der Waals surface area contributed by atoms with E-state index in [1.54, 1.807) is 0 Å². The summed E-state index contributed by atoms with van der Waals surface area (Å²) in [5, 5.41) is 7.62. The summed E-state index contributed by atoms with van der Waals surface area (Å²) >= 11 is 14.8. The van der Waals surface area contributed by atoms with Crippen molar-refractivity contribution in [3.8, 4) is 0 Å². The maximum atomic E-state index is 6.09. The van der Waals surface area contributed by atoms with Gasteiger partial charge in [-0.2, -0.15) is 0 Å².